The summed E-state index contributed by atoms with van der Waals surface area (Å²) in [7, 11) is 0. The molecular weight excluding hydrogens is 310 g/mol. The number of nitrogens with zero attached hydrogens (tertiary/aromatic N) is 5. The van der Waals surface area contributed by atoms with E-state index in [0.29, 0.717) is 5.92 Å². The molecule has 1 atom stereocenters. The molecule has 0 N–H and O–H groups in total. The normalized spacial score (nSPS) is 17.6. The molecule has 0 spiro atoms. The van der Waals surface area contributed by atoms with Crippen LogP contribution in [0.4, 0.5) is 5.82 Å². The van der Waals surface area contributed by atoms with Crippen LogP contribution in [0.3, 0.4) is 0 Å². The molecule has 0 aliphatic carbocycles. The molecule has 1 aliphatic rings. The summed E-state index contributed by atoms with van der Waals surface area (Å²) in [5.74, 6) is 2.67. The Morgan fingerprint density at radius 3 is 2.88 bits per heavy atom. The molecule has 0 aromatic carbocycles. The first-order valence-corrected chi connectivity index (χ1v) is 8.87. The highest BCUT2D eigenvalue weighted by Gasteiger charge is 2.25. The maximum absolute atomic E-state index is 4.67. The highest BCUT2D eigenvalue weighted by atomic mass is 15.2. The average molecular weight is 333 g/mol. The van der Waals surface area contributed by atoms with Crippen LogP contribution in [0.5, 0.6) is 0 Å². The Labute approximate surface area is 148 Å². The monoisotopic (exact) mass is 333 g/mol. The Morgan fingerprint density at radius 1 is 1.12 bits per heavy atom. The van der Waals surface area contributed by atoms with Gasteiger partial charge in [-0.1, -0.05) is 12.1 Å². The van der Waals surface area contributed by atoms with E-state index in [9.17, 15) is 0 Å². The number of pyridine rings is 2. The molecule has 3 aromatic rings. The van der Waals surface area contributed by atoms with E-state index in [1.165, 1.54) is 29.8 Å². The predicted molar refractivity (Wildman–Crippen MR) is 98.7 cm³/mol. The minimum absolute atomic E-state index is 0.434. The summed E-state index contributed by atoms with van der Waals surface area (Å²) in [5.41, 5.74) is 2.40. The van der Waals surface area contributed by atoms with Crippen LogP contribution in [0.25, 0.3) is 0 Å². The first kappa shape index (κ1) is 15.8. The van der Waals surface area contributed by atoms with E-state index in [4.69, 9.17) is 0 Å². The first-order valence-electron chi connectivity index (χ1n) is 8.87. The second kappa shape index (κ2) is 7.05. The molecule has 1 fully saturated rings. The summed E-state index contributed by atoms with van der Waals surface area (Å²) in [4.78, 5) is 15.9. The van der Waals surface area contributed by atoms with Gasteiger partial charge in [-0.3, -0.25) is 4.98 Å². The van der Waals surface area contributed by atoms with Crippen LogP contribution in [-0.2, 0) is 6.54 Å². The molecule has 128 valence electrons. The van der Waals surface area contributed by atoms with Crippen molar-refractivity contribution in [3.8, 4) is 0 Å². The molecule has 3 aromatic heterocycles. The van der Waals surface area contributed by atoms with Gasteiger partial charge in [0, 0.05) is 50.0 Å². The largest absolute Gasteiger partial charge is 0.356 e. The van der Waals surface area contributed by atoms with Gasteiger partial charge in [-0.05, 0) is 43.0 Å². The van der Waals surface area contributed by atoms with Gasteiger partial charge in [0.15, 0.2) is 0 Å². The maximum Gasteiger partial charge on any atom is 0.128 e. The summed E-state index contributed by atoms with van der Waals surface area (Å²) < 4.78 is 2.26. The number of imidazole rings is 1. The van der Waals surface area contributed by atoms with E-state index < -0.39 is 0 Å². The minimum Gasteiger partial charge on any atom is -0.356 e. The zero-order chi connectivity index (χ0) is 17.1. The first-order chi connectivity index (χ1) is 12.3. The summed E-state index contributed by atoms with van der Waals surface area (Å²) in [6, 6.07) is 8.35. The standard InChI is InChI=1S/C20H23N5/c1-16-6-7-19(23-12-16)24-10-3-5-18(15-24)20-22-9-11-25(20)14-17-4-2-8-21-13-17/h2,4,6-9,11-13,18H,3,5,10,14-15H2,1H3/t18-/m0/s1. The van der Waals surface area contributed by atoms with E-state index in [0.717, 1.165) is 25.5 Å². The van der Waals surface area contributed by atoms with Crippen LogP contribution in [0.1, 0.15) is 35.7 Å². The molecule has 4 rings (SSSR count). The van der Waals surface area contributed by atoms with Gasteiger partial charge in [0.1, 0.15) is 11.6 Å². The van der Waals surface area contributed by atoms with E-state index in [-0.39, 0.29) is 0 Å². The van der Waals surface area contributed by atoms with Crippen molar-refractivity contribution < 1.29 is 0 Å². The number of piperidine rings is 1. The lowest BCUT2D eigenvalue weighted by Gasteiger charge is -2.33. The molecule has 1 aliphatic heterocycles. The van der Waals surface area contributed by atoms with Crippen molar-refractivity contribution in [2.75, 3.05) is 18.0 Å². The Hall–Kier alpha value is -2.69. The molecule has 0 saturated carbocycles. The molecule has 0 unspecified atom stereocenters. The van der Waals surface area contributed by atoms with Crippen molar-refractivity contribution in [2.45, 2.75) is 32.2 Å². The second-order valence-electron chi connectivity index (χ2n) is 6.75. The van der Waals surface area contributed by atoms with E-state index in [2.05, 4.69) is 55.7 Å². The van der Waals surface area contributed by atoms with Crippen molar-refractivity contribution >= 4 is 5.82 Å². The van der Waals surface area contributed by atoms with Gasteiger partial charge < -0.3 is 9.47 Å². The van der Waals surface area contributed by atoms with Gasteiger partial charge in [0.25, 0.3) is 0 Å². The van der Waals surface area contributed by atoms with E-state index >= 15 is 0 Å². The smallest absolute Gasteiger partial charge is 0.128 e. The fourth-order valence-electron chi connectivity index (χ4n) is 3.55. The van der Waals surface area contributed by atoms with Crippen LogP contribution in [0, 0.1) is 6.92 Å². The van der Waals surface area contributed by atoms with Crippen molar-refractivity contribution in [2.24, 2.45) is 0 Å². The molecule has 5 nitrogen and oxygen atoms in total. The fourth-order valence-corrected chi connectivity index (χ4v) is 3.55. The molecule has 1 saturated heterocycles. The summed E-state index contributed by atoms with van der Waals surface area (Å²) >= 11 is 0. The number of aromatic nitrogens is 4. The maximum atomic E-state index is 4.67. The van der Waals surface area contributed by atoms with Crippen molar-refractivity contribution in [3.63, 3.8) is 0 Å². The SMILES string of the molecule is Cc1ccc(N2CCC[C@H](c3nccn3Cc3cccnc3)C2)nc1. The highest BCUT2D eigenvalue weighted by Crippen LogP contribution is 2.28. The average Bonchev–Trinajstić information content (AvgIpc) is 3.11. The molecule has 0 amide bonds. The number of aryl methyl sites for hydroxylation is 1. The summed E-state index contributed by atoms with van der Waals surface area (Å²) in [6.45, 7) is 4.93. The zero-order valence-electron chi connectivity index (χ0n) is 14.5. The van der Waals surface area contributed by atoms with Crippen molar-refractivity contribution in [3.05, 3.63) is 72.2 Å². The van der Waals surface area contributed by atoms with Crippen molar-refractivity contribution in [1.82, 2.24) is 19.5 Å². The Bertz CT molecular complexity index is 810. The molecule has 0 bridgehead atoms. The third-order valence-electron chi connectivity index (χ3n) is 4.83. The summed E-state index contributed by atoms with van der Waals surface area (Å²) in [6.07, 6.45) is 12.0. The van der Waals surface area contributed by atoms with Crippen molar-refractivity contribution in [1.29, 1.82) is 0 Å². The van der Waals surface area contributed by atoms with Crippen LogP contribution in [0.15, 0.2) is 55.2 Å². The van der Waals surface area contributed by atoms with Crippen LogP contribution < -0.4 is 4.90 Å². The quantitative estimate of drug-likeness (QED) is 0.734. The van der Waals surface area contributed by atoms with Crippen LogP contribution in [0.2, 0.25) is 0 Å². The molecule has 5 heteroatoms. The van der Waals surface area contributed by atoms with Crippen LogP contribution in [-0.4, -0.2) is 32.6 Å². The van der Waals surface area contributed by atoms with Gasteiger partial charge in [-0.15, -0.1) is 0 Å². The van der Waals surface area contributed by atoms with E-state index in [1.807, 2.05) is 30.9 Å². The summed E-state index contributed by atoms with van der Waals surface area (Å²) in [5, 5.41) is 0. The third-order valence-corrected chi connectivity index (χ3v) is 4.83. The van der Waals surface area contributed by atoms with Crippen LogP contribution >= 0.6 is 0 Å². The lowest BCUT2D eigenvalue weighted by Crippen LogP contribution is -2.36. The number of hydrogen-bond acceptors (Lipinski definition) is 4. The number of hydrogen-bond donors (Lipinski definition) is 0. The molecule has 25 heavy (non-hydrogen) atoms. The molecule has 4 heterocycles. The number of rotatable bonds is 4. The Morgan fingerprint density at radius 2 is 2.08 bits per heavy atom. The number of anilines is 1. The molecule has 0 radical (unpaired) electrons. The van der Waals surface area contributed by atoms with Gasteiger partial charge >= 0.3 is 0 Å². The van der Waals surface area contributed by atoms with Gasteiger partial charge in [0.05, 0.1) is 6.54 Å². The predicted octanol–water partition coefficient (Wildman–Crippen LogP) is 3.41. The zero-order valence-corrected chi connectivity index (χ0v) is 14.5. The van der Waals surface area contributed by atoms with Gasteiger partial charge in [0.2, 0.25) is 0 Å². The van der Waals surface area contributed by atoms with Gasteiger partial charge in [-0.25, -0.2) is 9.97 Å². The van der Waals surface area contributed by atoms with Gasteiger partial charge in [-0.2, -0.15) is 0 Å². The lowest BCUT2D eigenvalue weighted by atomic mass is 9.97. The Kier molecular flexibility index (Phi) is 4.46. The Balaban J connectivity index is 1.52. The van der Waals surface area contributed by atoms with E-state index in [1.54, 1.807) is 0 Å². The minimum atomic E-state index is 0.434. The third kappa shape index (κ3) is 3.55. The highest BCUT2D eigenvalue weighted by molar-refractivity contribution is 5.40. The second-order valence-corrected chi connectivity index (χ2v) is 6.75. The molecular formula is C20H23N5. The topological polar surface area (TPSA) is 46.8 Å². The lowest BCUT2D eigenvalue weighted by molar-refractivity contribution is 0.474. The fraction of sp³-hybridized carbons (Fsp3) is 0.350.